The lowest BCUT2D eigenvalue weighted by molar-refractivity contribution is -0.128. The first-order chi connectivity index (χ1) is 18.0. The molecule has 1 amide bonds. The van der Waals surface area contributed by atoms with E-state index in [2.05, 4.69) is 111 Å². The fourth-order valence-electron chi connectivity index (χ4n) is 4.93. The van der Waals surface area contributed by atoms with Crippen LogP contribution in [0.15, 0.2) is 65.2 Å². The number of aliphatic imine (C=N–C) groups is 1. The standard InChI is InChI=1S/C31H43N4OPS/c1-30(2,3)17-18-35-27(31(4,5)6)21-24(29(35)36)28-32-25-16-15-23(34-38-7)20-26(25)37(33-28)19-11-14-22-12-9-8-10-13-22/h8-10,12-13,15-16,20-21,27,34H,11,14,17-19H2,1-7H3,(H,32,33). The van der Waals surface area contributed by atoms with Crippen molar-refractivity contribution in [2.45, 2.75) is 66.8 Å². The lowest BCUT2D eigenvalue weighted by Gasteiger charge is -2.36. The third-order valence-electron chi connectivity index (χ3n) is 7.05. The zero-order valence-electron chi connectivity index (χ0n) is 24.0. The fraction of sp³-hybridized carbons (Fsp3) is 0.484. The highest BCUT2D eigenvalue weighted by Gasteiger charge is 2.41. The van der Waals surface area contributed by atoms with Gasteiger partial charge in [-0.2, -0.15) is 0 Å². The zero-order valence-corrected chi connectivity index (χ0v) is 25.7. The molecule has 2 N–H and O–H groups in total. The van der Waals surface area contributed by atoms with Crippen LogP contribution in [0.25, 0.3) is 0 Å². The highest BCUT2D eigenvalue weighted by atomic mass is 32.2. The monoisotopic (exact) mass is 550 g/mol. The first-order valence-electron chi connectivity index (χ1n) is 13.6. The molecule has 0 aromatic heterocycles. The van der Waals surface area contributed by atoms with Crippen LogP contribution in [0.5, 0.6) is 0 Å². The fourth-order valence-corrected chi connectivity index (χ4v) is 7.36. The summed E-state index contributed by atoms with van der Waals surface area (Å²) in [6.07, 6.45) is 8.31. The Balaban J connectivity index is 1.62. The predicted molar refractivity (Wildman–Crippen MR) is 167 cm³/mol. The number of aryl methyl sites for hydroxylation is 1. The van der Waals surface area contributed by atoms with Gasteiger partial charge in [-0.3, -0.25) is 4.79 Å². The van der Waals surface area contributed by atoms with E-state index in [9.17, 15) is 4.79 Å². The van der Waals surface area contributed by atoms with Crippen LogP contribution in [0.1, 0.15) is 59.9 Å². The Morgan fingerprint density at radius 1 is 1.08 bits per heavy atom. The van der Waals surface area contributed by atoms with Gasteiger partial charge in [-0.05, 0) is 66.1 Å². The Bertz CT molecular complexity index is 1200. The summed E-state index contributed by atoms with van der Waals surface area (Å²) in [5, 5.41) is 5.02. The molecule has 7 heteroatoms. The first-order valence-corrected chi connectivity index (χ1v) is 16.3. The van der Waals surface area contributed by atoms with Crippen molar-refractivity contribution in [2.24, 2.45) is 15.8 Å². The SMILES string of the molecule is CSNc1ccc2c(c1)P(CCCc1ccccc1)NC(C1=CC(C(C)(C)C)N(CCC(C)(C)C)C1=O)=N2. The van der Waals surface area contributed by atoms with Gasteiger partial charge in [0.25, 0.3) is 5.91 Å². The number of nitrogens with one attached hydrogen (secondary N) is 2. The van der Waals surface area contributed by atoms with Gasteiger partial charge in [-0.1, -0.05) is 83.8 Å². The van der Waals surface area contributed by atoms with Gasteiger partial charge in [0.05, 0.1) is 17.3 Å². The van der Waals surface area contributed by atoms with Crippen molar-refractivity contribution < 1.29 is 4.79 Å². The Hall–Kier alpha value is -2.30. The van der Waals surface area contributed by atoms with Gasteiger partial charge < -0.3 is 14.7 Å². The number of fused-ring (bicyclic) bond motifs is 1. The summed E-state index contributed by atoms with van der Waals surface area (Å²) >= 11 is 1.59. The molecule has 0 saturated carbocycles. The largest absolute Gasteiger partial charge is 0.344 e. The molecule has 2 aromatic carbocycles. The van der Waals surface area contributed by atoms with Crippen LogP contribution in [-0.2, 0) is 11.2 Å². The van der Waals surface area contributed by atoms with Gasteiger partial charge in [0.1, 0.15) is 5.84 Å². The quantitative estimate of drug-likeness (QED) is 0.254. The van der Waals surface area contributed by atoms with Crippen molar-refractivity contribution >= 4 is 48.4 Å². The van der Waals surface area contributed by atoms with E-state index < -0.39 is 8.07 Å². The van der Waals surface area contributed by atoms with Crippen molar-refractivity contribution in [1.82, 2.24) is 9.99 Å². The highest BCUT2D eigenvalue weighted by molar-refractivity contribution is 7.99. The molecule has 0 saturated heterocycles. The van der Waals surface area contributed by atoms with Crippen LogP contribution in [0.4, 0.5) is 11.4 Å². The van der Waals surface area contributed by atoms with Crippen molar-refractivity contribution in [3.63, 3.8) is 0 Å². The zero-order chi connectivity index (χ0) is 27.5. The number of amides is 1. The number of amidine groups is 1. The number of anilines is 1. The van der Waals surface area contributed by atoms with E-state index in [-0.39, 0.29) is 22.8 Å². The normalized spacial score (nSPS) is 19.6. The molecule has 5 nitrogen and oxygen atoms in total. The number of benzene rings is 2. The smallest absolute Gasteiger partial charge is 0.257 e. The van der Waals surface area contributed by atoms with Crippen molar-refractivity contribution in [3.05, 3.63) is 65.7 Å². The molecule has 2 aliphatic heterocycles. The Morgan fingerprint density at radius 3 is 2.47 bits per heavy atom. The molecule has 38 heavy (non-hydrogen) atoms. The number of rotatable bonds is 9. The van der Waals surface area contributed by atoms with Crippen LogP contribution in [0.3, 0.4) is 0 Å². The average Bonchev–Trinajstić information content (AvgIpc) is 3.20. The van der Waals surface area contributed by atoms with E-state index in [1.54, 1.807) is 11.9 Å². The first kappa shape index (κ1) is 28.7. The average molecular weight is 551 g/mol. The van der Waals surface area contributed by atoms with Gasteiger partial charge in [0.2, 0.25) is 0 Å². The molecule has 0 aliphatic carbocycles. The number of carbonyl (C=O) groups is 1. The minimum Gasteiger partial charge on any atom is -0.344 e. The Labute approximate surface area is 234 Å². The lowest BCUT2D eigenvalue weighted by atomic mass is 9.85. The highest BCUT2D eigenvalue weighted by Crippen LogP contribution is 2.42. The number of hydrogen-bond donors (Lipinski definition) is 2. The van der Waals surface area contributed by atoms with Gasteiger partial charge in [-0.15, -0.1) is 0 Å². The maximum absolute atomic E-state index is 13.9. The van der Waals surface area contributed by atoms with Crippen LogP contribution >= 0.6 is 20.0 Å². The van der Waals surface area contributed by atoms with E-state index in [0.29, 0.717) is 0 Å². The molecule has 2 unspecified atom stereocenters. The summed E-state index contributed by atoms with van der Waals surface area (Å²) in [7, 11) is -0.710. The van der Waals surface area contributed by atoms with Crippen LogP contribution < -0.4 is 15.1 Å². The molecule has 4 rings (SSSR count). The molecule has 204 valence electrons. The number of nitrogens with zero attached hydrogens (tertiary/aromatic N) is 2. The summed E-state index contributed by atoms with van der Waals surface area (Å²) in [6.45, 7) is 14.1. The molecule has 0 radical (unpaired) electrons. The van der Waals surface area contributed by atoms with E-state index in [0.717, 1.165) is 54.8 Å². The van der Waals surface area contributed by atoms with Crippen LogP contribution in [0.2, 0.25) is 0 Å². The summed E-state index contributed by atoms with van der Waals surface area (Å²) in [4.78, 5) is 21.0. The number of hydrogen-bond acceptors (Lipinski definition) is 5. The molecule has 2 heterocycles. The lowest BCUT2D eigenvalue weighted by Crippen LogP contribution is -2.44. The van der Waals surface area contributed by atoms with E-state index in [1.165, 1.54) is 10.9 Å². The molecule has 0 fully saturated rings. The van der Waals surface area contributed by atoms with Gasteiger partial charge in [-0.25, -0.2) is 4.99 Å². The molecule has 2 aromatic rings. The summed E-state index contributed by atoms with van der Waals surface area (Å²) in [5.41, 5.74) is 4.27. The molecular weight excluding hydrogens is 507 g/mol. The summed E-state index contributed by atoms with van der Waals surface area (Å²) in [6, 6.07) is 17.1. The Morgan fingerprint density at radius 2 is 1.82 bits per heavy atom. The molecule has 0 spiro atoms. The van der Waals surface area contributed by atoms with Gasteiger partial charge in [0.15, 0.2) is 0 Å². The van der Waals surface area contributed by atoms with Gasteiger partial charge >= 0.3 is 0 Å². The van der Waals surface area contributed by atoms with Gasteiger partial charge in [0, 0.05) is 31.9 Å². The van der Waals surface area contributed by atoms with Crippen LogP contribution in [0, 0.1) is 10.8 Å². The predicted octanol–water partition coefficient (Wildman–Crippen LogP) is 7.28. The van der Waals surface area contributed by atoms with Crippen molar-refractivity contribution in [2.75, 3.05) is 23.7 Å². The van der Waals surface area contributed by atoms with Crippen molar-refractivity contribution in [3.8, 4) is 0 Å². The second-order valence-electron chi connectivity index (χ2n) is 12.5. The second kappa shape index (κ2) is 11.8. The molecule has 2 atom stereocenters. The summed E-state index contributed by atoms with van der Waals surface area (Å²) < 4.78 is 3.37. The topological polar surface area (TPSA) is 56.7 Å². The molecule has 2 aliphatic rings. The maximum atomic E-state index is 13.9. The third kappa shape index (κ3) is 7.01. The maximum Gasteiger partial charge on any atom is 0.257 e. The van der Waals surface area contributed by atoms with E-state index in [1.807, 2.05) is 6.26 Å². The Kier molecular flexibility index (Phi) is 8.94. The van der Waals surface area contributed by atoms with Crippen molar-refractivity contribution in [1.29, 1.82) is 0 Å². The minimum absolute atomic E-state index is 0.0516. The summed E-state index contributed by atoms with van der Waals surface area (Å²) in [5.74, 6) is 0.843. The molecular formula is C31H43N4OPS. The van der Waals surface area contributed by atoms with Crippen LogP contribution in [-0.4, -0.2) is 41.6 Å². The van der Waals surface area contributed by atoms with E-state index in [4.69, 9.17) is 4.99 Å². The minimum atomic E-state index is -0.710. The molecule has 0 bridgehead atoms. The third-order valence-corrected chi connectivity index (χ3v) is 9.67. The number of carbonyl (C=O) groups excluding carboxylic acids is 1. The van der Waals surface area contributed by atoms with E-state index >= 15 is 0 Å². The second-order valence-corrected chi connectivity index (χ2v) is 15.1.